The summed E-state index contributed by atoms with van der Waals surface area (Å²) in [6.07, 6.45) is 11.6. The molecule has 0 aromatic heterocycles. The van der Waals surface area contributed by atoms with Crippen molar-refractivity contribution in [2.75, 3.05) is 0 Å². The van der Waals surface area contributed by atoms with Crippen LogP contribution >= 0.6 is 0 Å². The average Bonchev–Trinajstić information content (AvgIpc) is 2.15. The third kappa shape index (κ3) is 2.33. The van der Waals surface area contributed by atoms with Crippen molar-refractivity contribution < 1.29 is 4.79 Å². The molecule has 1 rings (SSSR count). The van der Waals surface area contributed by atoms with E-state index >= 15 is 0 Å². The molecule has 0 heterocycles. The second kappa shape index (κ2) is 4.91. The summed E-state index contributed by atoms with van der Waals surface area (Å²) >= 11 is 0. The van der Waals surface area contributed by atoms with Crippen molar-refractivity contribution in [3.8, 4) is 0 Å². The second-order valence-electron chi connectivity index (χ2n) is 3.37. The van der Waals surface area contributed by atoms with Gasteiger partial charge < -0.3 is 4.79 Å². The topological polar surface area (TPSA) is 17.1 Å². The van der Waals surface area contributed by atoms with E-state index in [0.717, 1.165) is 19.1 Å². The zero-order valence-electron chi connectivity index (χ0n) is 7.41. The summed E-state index contributed by atoms with van der Waals surface area (Å²) in [4.78, 5) is 10.7. The lowest BCUT2D eigenvalue weighted by atomic mass is 9.80. The maximum atomic E-state index is 10.7. The largest absolute Gasteiger partial charge is 0.303 e. The molecule has 0 spiro atoms. The maximum absolute atomic E-state index is 10.7. The minimum atomic E-state index is 0.259. The lowest BCUT2D eigenvalue weighted by Crippen LogP contribution is -2.18. The summed E-state index contributed by atoms with van der Waals surface area (Å²) in [7, 11) is 0. The molecular weight excluding hydrogens is 148 g/mol. The van der Waals surface area contributed by atoms with Gasteiger partial charge in [-0.05, 0) is 18.8 Å². The highest BCUT2D eigenvalue weighted by Crippen LogP contribution is 2.29. The minimum absolute atomic E-state index is 0.259. The maximum Gasteiger partial charge on any atom is 0.123 e. The van der Waals surface area contributed by atoms with Crippen LogP contribution in [0.25, 0.3) is 0 Å². The molecule has 1 nitrogen and oxygen atoms in total. The van der Waals surface area contributed by atoms with Crippen LogP contribution in [-0.2, 0) is 4.79 Å². The Morgan fingerprint density at radius 2 is 1.83 bits per heavy atom. The standard InChI is InChI=1S/C11H16O/c1-2-3-6-10-7-4-5-8-11(10)9-12/h2-3,6,9-11H,1,4-5,7-8H2/b6-3+. The highest BCUT2D eigenvalue weighted by molar-refractivity contribution is 5.54. The summed E-state index contributed by atoms with van der Waals surface area (Å²) < 4.78 is 0. The quantitative estimate of drug-likeness (QED) is 0.463. The van der Waals surface area contributed by atoms with Gasteiger partial charge in [-0.3, -0.25) is 0 Å². The lowest BCUT2D eigenvalue weighted by molar-refractivity contribution is -0.112. The molecule has 66 valence electrons. The second-order valence-corrected chi connectivity index (χ2v) is 3.37. The van der Waals surface area contributed by atoms with Crippen LogP contribution in [0.1, 0.15) is 25.7 Å². The molecule has 1 saturated carbocycles. The van der Waals surface area contributed by atoms with Gasteiger partial charge in [-0.25, -0.2) is 0 Å². The third-order valence-electron chi connectivity index (χ3n) is 2.54. The van der Waals surface area contributed by atoms with Crippen LogP contribution in [0.4, 0.5) is 0 Å². The predicted molar refractivity (Wildman–Crippen MR) is 50.8 cm³/mol. The Bertz CT molecular complexity index is 181. The van der Waals surface area contributed by atoms with E-state index in [1.165, 1.54) is 12.8 Å². The van der Waals surface area contributed by atoms with Crippen LogP contribution in [0.2, 0.25) is 0 Å². The highest BCUT2D eigenvalue weighted by Gasteiger charge is 2.21. The SMILES string of the molecule is C=C/C=C/C1CCCCC1C=O. The van der Waals surface area contributed by atoms with Crippen molar-refractivity contribution in [3.63, 3.8) is 0 Å². The van der Waals surface area contributed by atoms with Crippen molar-refractivity contribution in [1.29, 1.82) is 0 Å². The number of carbonyl (C=O) groups is 1. The van der Waals surface area contributed by atoms with Gasteiger partial charge >= 0.3 is 0 Å². The number of allylic oxidation sites excluding steroid dienone is 3. The smallest absolute Gasteiger partial charge is 0.123 e. The van der Waals surface area contributed by atoms with E-state index in [1.54, 1.807) is 6.08 Å². The van der Waals surface area contributed by atoms with Gasteiger partial charge in [0.1, 0.15) is 6.29 Å². The fourth-order valence-electron chi connectivity index (χ4n) is 1.82. The summed E-state index contributed by atoms with van der Waals surface area (Å²) in [6, 6.07) is 0. The van der Waals surface area contributed by atoms with Gasteiger partial charge in [-0.2, -0.15) is 0 Å². The van der Waals surface area contributed by atoms with Gasteiger partial charge in [0.05, 0.1) is 0 Å². The van der Waals surface area contributed by atoms with Gasteiger partial charge in [0.2, 0.25) is 0 Å². The first-order valence-electron chi connectivity index (χ1n) is 4.63. The number of carbonyl (C=O) groups excluding carboxylic acids is 1. The molecule has 0 radical (unpaired) electrons. The van der Waals surface area contributed by atoms with E-state index in [0.29, 0.717) is 5.92 Å². The molecule has 1 heteroatoms. The number of hydrogen-bond donors (Lipinski definition) is 0. The fraction of sp³-hybridized carbons (Fsp3) is 0.545. The molecular formula is C11H16O. The summed E-state index contributed by atoms with van der Waals surface area (Å²) in [5.74, 6) is 0.726. The fourth-order valence-corrected chi connectivity index (χ4v) is 1.82. The summed E-state index contributed by atoms with van der Waals surface area (Å²) in [5, 5.41) is 0. The number of hydrogen-bond acceptors (Lipinski definition) is 1. The van der Waals surface area contributed by atoms with Gasteiger partial charge in [0, 0.05) is 5.92 Å². The summed E-state index contributed by atoms with van der Waals surface area (Å²) in [5.41, 5.74) is 0. The molecule has 0 aromatic rings. The average molecular weight is 164 g/mol. The number of rotatable bonds is 3. The van der Waals surface area contributed by atoms with Gasteiger partial charge in [-0.1, -0.05) is 37.6 Å². The molecule has 0 amide bonds. The van der Waals surface area contributed by atoms with E-state index < -0.39 is 0 Å². The van der Waals surface area contributed by atoms with Crippen LogP contribution in [0, 0.1) is 11.8 Å². The van der Waals surface area contributed by atoms with Crippen molar-refractivity contribution >= 4 is 6.29 Å². The van der Waals surface area contributed by atoms with E-state index in [-0.39, 0.29) is 5.92 Å². The van der Waals surface area contributed by atoms with Crippen molar-refractivity contribution in [1.82, 2.24) is 0 Å². The lowest BCUT2D eigenvalue weighted by Gasteiger charge is -2.24. The minimum Gasteiger partial charge on any atom is -0.303 e. The Labute approximate surface area is 74.2 Å². The normalized spacial score (nSPS) is 30.3. The van der Waals surface area contributed by atoms with E-state index in [2.05, 4.69) is 12.7 Å². The molecule has 0 N–H and O–H groups in total. The first-order chi connectivity index (χ1) is 5.88. The van der Waals surface area contributed by atoms with Crippen molar-refractivity contribution in [2.24, 2.45) is 11.8 Å². The third-order valence-corrected chi connectivity index (χ3v) is 2.54. The Kier molecular flexibility index (Phi) is 3.78. The molecule has 2 atom stereocenters. The molecule has 1 fully saturated rings. The predicted octanol–water partition coefficient (Wildman–Crippen LogP) is 2.73. The van der Waals surface area contributed by atoms with Gasteiger partial charge in [0.25, 0.3) is 0 Å². The van der Waals surface area contributed by atoms with Gasteiger partial charge in [0.15, 0.2) is 0 Å². The van der Waals surface area contributed by atoms with Crippen LogP contribution in [0.15, 0.2) is 24.8 Å². The van der Waals surface area contributed by atoms with E-state index in [4.69, 9.17) is 0 Å². The zero-order valence-corrected chi connectivity index (χ0v) is 7.41. The van der Waals surface area contributed by atoms with Crippen LogP contribution in [0.5, 0.6) is 0 Å². The van der Waals surface area contributed by atoms with E-state index in [1.807, 2.05) is 6.08 Å². The number of aldehydes is 1. The molecule has 0 saturated heterocycles. The van der Waals surface area contributed by atoms with E-state index in [9.17, 15) is 4.79 Å². The molecule has 12 heavy (non-hydrogen) atoms. The Morgan fingerprint density at radius 3 is 2.42 bits per heavy atom. The van der Waals surface area contributed by atoms with Crippen LogP contribution < -0.4 is 0 Å². The van der Waals surface area contributed by atoms with Gasteiger partial charge in [-0.15, -0.1) is 0 Å². The first kappa shape index (κ1) is 9.24. The Hall–Kier alpha value is -0.850. The Morgan fingerprint density at radius 1 is 1.17 bits per heavy atom. The van der Waals surface area contributed by atoms with Crippen molar-refractivity contribution in [2.45, 2.75) is 25.7 Å². The summed E-state index contributed by atoms with van der Waals surface area (Å²) in [6.45, 7) is 3.62. The molecule has 1 aliphatic rings. The molecule has 0 aromatic carbocycles. The molecule has 0 aliphatic heterocycles. The van der Waals surface area contributed by atoms with Crippen LogP contribution in [0.3, 0.4) is 0 Å². The zero-order chi connectivity index (χ0) is 8.81. The molecule has 0 bridgehead atoms. The molecule has 2 unspecified atom stereocenters. The Balaban J connectivity index is 2.52. The highest BCUT2D eigenvalue weighted by atomic mass is 16.1. The van der Waals surface area contributed by atoms with Crippen LogP contribution in [-0.4, -0.2) is 6.29 Å². The van der Waals surface area contributed by atoms with Crippen molar-refractivity contribution in [3.05, 3.63) is 24.8 Å². The molecule has 1 aliphatic carbocycles. The monoisotopic (exact) mass is 164 g/mol. The first-order valence-corrected chi connectivity index (χ1v) is 4.63.